The van der Waals surface area contributed by atoms with Crippen molar-refractivity contribution >= 4 is 50.7 Å². The maximum absolute atomic E-state index is 4.29. The summed E-state index contributed by atoms with van der Waals surface area (Å²) in [5.74, 6) is 0. The monoisotopic (exact) mass is 408 g/mol. The molecule has 5 aromatic carbocycles. The molecule has 0 aliphatic carbocycles. The third-order valence-electron chi connectivity index (χ3n) is 6.38. The molecule has 0 bridgehead atoms. The van der Waals surface area contributed by atoms with Crippen LogP contribution in [0.25, 0.3) is 33.1 Å². The summed E-state index contributed by atoms with van der Waals surface area (Å²) < 4.78 is 0. The first kappa shape index (κ1) is 20.1. The Morgan fingerprint density at radius 3 is 1.69 bits per heavy atom. The van der Waals surface area contributed by atoms with Gasteiger partial charge in [-0.05, 0) is 38.9 Å². The van der Waals surface area contributed by atoms with E-state index in [1.165, 1.54) is 48.4 Å². The normalized spacial score (nSPS) is 12.7. The number of fused-ring (bicyclic) bond motifs is 2. The van der Waals surface area contributed by atoms with Gasteiger partial charge in [-0.2, -0.15) is 0 Å². The highest BCUT2D eigenvalue weighted by Gasteiger charge is 2.26. The summed E-state index contributed by atoms with van der Waals surface area (Å²) >= 11 is 0. The van der Waals surface area contributed by atoms with E-state index >= 15 is 0 Å². The molecule has 0 saturated heterocycles. The zero-order valence-electron chi connectivity index (χ0n) is 18.3. The molecule has 0 aromatic heterocycles. The van der Waals surface area contributed by atoms with E-state index in [1.54, 1.807) is 0 Å². The molecule has 0 aliphatic rings. The van der Waals surface area contributed by atoms with Crippen LogP contribution in [0.2, 0.25) is 0 Å². The fourth-order valence-electron chi connectivity index (χ4n) is 4.90. The minimum Gasteiger partial charge on any atom is -0.0995 e. The van der Waals surface area contributed by atoms with Gasteiger partial charge in [-0.15, -0.1) is 0 Å². The number of benzene rings is 5. The molecule has 0 unspecified atom stereocenters. The molecule has 32 heavy (non-hydrogen) atoms. The van der Waals surface area contributed by atoms with Crippen LogP contribution in [0.5, 0.6) is 0 Å². The highest BCUT2D eigenvalue weighted by atomic mass is 14.1. The Bertz CT molecular complexity index is 1470. The Morgan fingerprint density at radius 2 is 1.12 bits per heavy atom. The lowest BCUT2D eigenvalue weighted by molar-refractivity contribution is 1.50. The van der Waals surface area contributed by atoms with E-state index in [4.69, 9.17) is 0 Å². The zero-order valence-corrected chi connectivity index (χ0v) is 18.3. The third-order valence-corrected chi connectivity index (χ3v) is 6.38. The molecule has 0 heterocycles. The lowest BCUT2D eigenvalue weighted by atomic mass is 9.35. The SMILES string of the molecule is C=C/C(B(c1cccc2ccccc12)c1cccc2ccccc12)=c1/cccc/c1=C/C. The molecular weight excluding hydrogens is 383 g/mol. The molecule has 1 heteroatoms. The molecule has 0 N–H and O–H groups in total. The minimum atomic E-state index is 0.0609. The van der Waals surface area contributed by atoms with Crippen LogP contribution in [0.15, 0.2) is 122 Å². The van der Waals surface area contributed by atoms with Crippen molar-refractivity contribution in [3.05, 3.63) is 132 Å². The van der Waals surface area contributed by atoms with Crippen molar-refractivity contribution in [2.75, 3.05) is 0 Å². The lowest BCUT2D eigenvalue weighted by Gasteiger charge is -2.21. The van der Waals surface area contributed by atoms with Crippen LogP contribution in [0.3, 0.4) is 0 Å². The maximum atomic E-state index is 4.29. The molecule has 0 spiro atoms. The molecule has 0 radical (unpaired) electrons. The second kappa shape index (κ2) is 8.73. The van der Waals surface area contributed by atoms with Gasteiger partial charge in [-0.25, -0.2) is 0 Å². The van der Waals surface area contributed by atoms with E-state index in [1.807, 2.05) is 0 Å². The molecule has 0 atom stereocenters. The van der Waals surface area contributed by atoms with Crippen molar-refractivity contribution in [2.24, 2.45) is 0 Å². The average molecular weight is 408 g/mol. The number of allylic oxidation sites excluding steroid dienone is 1. The third kappa shape index (κ3) is 3.46. The number of hydrogen-bond acceptors (Lipinski definition) is 0. The van der Waals surface area contributed by atoms with Crippen LogP contribution >= 0.6 is 0 Å². The topological polar surface area (TPSA) is 0 Å². The van der Waals surface area contributed by atoms with Crippen molar-refractivity contribution in [3.8, 4) is 0 Å². The van der Waals surface area contributed by atoms with Gasteiger partial charge in [0.1, 0.15) is 0 Å². The Balaban J connectivity index is 1.96. The fraction of sp³-hybridized carbons (Fsp3) is 0.0323. The summed E-state index contributed by atoms with van der Waals surface area (Å²) in [6.45, 7) is 6.46. The smallest absolute Gasteiger partial charge is 0.0995 e. The summed E-state index contributed by atoms with van der Waals surface area (Å²) in [5, 5.41) is 7.54. The van der Waals surface area contributed by atoms with Crippen molar-refractivity contribution in [2.45, 2.75) is 6.92 Å². The van der Waals surface area contributed by atoms with E-state index in [0.717, 1.165) is 0 Å². The first-order valence-corrected chi connectivity index (χ1v) is 11.1. The molecule has 0 aliphatic heterocycles. The van der Waals surface area contributed by atoms with Crippen molar-refractivity contribution < 1.29 is 0 Å². The van der Waals surface area contributed by atoms with Gasteiger partial charge in [0.15, 0.2) is 0 Å². The Morgan fingerprint density at radius 1 is 0.625 bits per heavy atom. The molecule has 0 saturated carbocycles. The van der Waals surface area contributed by atoms with Gasteiger partial charge >= 0.3 is 0 Å². The van der Waals surface area contributed by atoms with Gasteiger partial charge in [0, 0.05) is 0 Å². The van der Waals surface area contributed by atoms with E-state index in [9.17, 15) is 0 Å². The van der Waals surface area contributed by atoms with Gasteiger partial charge in [-0.1, -0.05) is 144 Å². The van der Waals surface area contributed by atoms with Gasteiger partial charge < -0.3 is 0 Å². The zero-order chi connectivity index (χ0) is 21.9. The average Bonchev–Trinajstić information content (AvgIpc) is 2.87. The molecule has 0 nitrogen and oxygen atoms in total. The summed E-state index contributed by atoms with van der Waals surface area (Å²) in [6, 6.07) is 39.3. The van der Waals surface area contributed by atoms with E-state index in [0.29, 0.717) is 0 Å². The Hall–Kier alpha value is -3.84. The number of rotatable bonds is 4. The first-order chi connectivity index (χ1) is 15.8. The fourth-order valence-corrected chi connectivity index (χ4v) is 4.90. The summed E-state index contributed by atoms with van der Waals surface area (Å²) in [6.07, 6.45) is 4.23. The molecular formula is C31H25B. The predicted molar refractivity (Wildman–Crippen MR) is 142 cm³/mol. The number of hydrogen-bond donors (Lipinski definition) is 0. The maximum Gasteiger partial charge on any atom is 0.243 e. The van der Waals surface area contributed by atoms with Crippen molar-refractivity contribution in [1.29, 1.82) is 0 Å². The van der Waals surface area contributed by atoms with Crippen LogP contribution in [0.1, 0.15) is 6.92 Å². The van der Waals surface area contributed by atoms with E-state index in [2.05, 4.69) is 135 Å². The minimum absolute atomic E-state index is 0.0609. The van der Waals surface area contributed by atoms with Crippen molar-refractivity contribution in [1.82, 2.24) is 0 Å². The Kier molecular flexibility index (Phi) is 5.48. The van der Waals surface area contributed by atoms with Crippen LogP contribution < -0.4 is 21.4 Å². The first-order valence-electron chi connectivity index (χ1n) is 11.1. The molecule has 0 fully saturated rings. The largest absolute Gasteiger partial charge is 0.243 e. The lowest BCUT2D eigenvalue weighted by Crippen LogP contribution is -2.47. The molecule has 5 aromatic rings. The molecule has 5 rings (SSSR count). The van der Waals surface area contributed by atoms with Gasteiger partial charge in [0.25, 0.3) is 0 Å². The van der Waals surface area contributed by atoms with Crippen LogP contribution in [0.4, 0.5) is 0 Å². The summed E-state index contributed by atoms with van der Waals surface area (Å²) in [4.78, 5) is 0. The Labute approximate surface area is 189 Å². The van der Waals surface area contributed by atoms with Crippen LogP contribution in [0, 0.1) is 0 Å². The second-order valence-electron chi connectivity index (χ2n) is 8.11. The van der Waals surface area contributed by atoms with Gasteiger partial charge in [0.05, 0.1) is 0 Å². The van der Waals surface area contributed by atoms with E-state index < -0.39 is 0 Å². The molecule has 152 valence electrons. The molecule has 0 amide bonds. The van der Waals surface area contributed by atoms with Crippen LogP contribution in [-0.2, 0) is 0 Å². The van der Waals surface area contributed by atoms with E-state index in [-0.39, 0.29) is 6.71 Å². The highest BCUT2D eigenvalue weighted by molar-refractivity contribution is 7.01. The summed E-state index contributed by atoms with van der Waals surface area (Å²) in [7, 11) is 0. The second-order valence-corrected chi connectivity index (χ2v) is 8.11. The quantitative estimate of drug-likeness (QED) is 0.368. The highest BCUT2D eigenvalue weighted by Crippen LogP contribution is 2.18. The van der Waals surface area contributed by atoms with Crippen molar-refractivity contribution in [3.63, 3.8) is 0 Å². The van der Waals surface area contributed by atoms with Gasteiger partial charge in [0.2, 0.25) is 6.71 Å². The van der Waals surface area contributed by atoms with Crippen LogP contribution in [-0.4, -0.2) is 6.71 Å². The summed E-state index contributed by atoms with van der Waals surface area (Å²) in [5.41, 5.74) is 3.84. The van der Waals surface area contributed by atoms with Gasteiger partial charge in [-0.3, -0.25) is 0 Å². The predicted octanol–water partition coefficient (Wildman–Crippen LogP) is 4.98. The standard InChI is InChI=1S/C31H25B/c1-3-23-13-5-8-18-26(23)29(4-2)32(30-21-11-16-24-14-6-9-19-27(24)30)31-22-12-17-25-15-7-10-20-28(25)31/h3-22H,2H2,1H3/b23-3-,29-26+.